The predicted molar refractivity (Wildman–Crippen MR) is 63.0 cm³/mol. The summed E-state index contributed by atoms with van der Waals surface area (Å²) < 4.78 is 0. The molecule has 82 valence electrons. The number of likely N-dealkylation sites (N-methyl/N-ethyl adjacent to an activating group) is 1. The van der Waals surface area contributed by atoms with Crippen LogP contribution in [0.25, 0.3) is 0 Å². The lowest BCUT2D eigenvalue weighted by Crippen LogP contribution is -2.31. The molecule has 0 aromatic carbocycles. The summed E-state index contributed by atoms with van der Waals surface area (Å²) in [5.41, 5.74) is 2.83. The lowest BCUT2D eigenvalue weighted by molar-refractivity contribution is 0.490. The third-order valence-electron chi connectivity index (χ3n) is 3.46. The van der Waals surface area contributed by atoms with Gasteiger partial charge in [-0.3, -0.25) is 4.98 Å². The average molecular weight is 204 g/mol. The number of hydrogen-bond acceptors (Lipinski definition) is 2. The first-order valence-corrected chi connectivity index (χ1v) is 5.96. The molecule has 1 aliphatic rings. The van der Waals surface area contributed by atoms with Gasteiger partial charge in [-0.25, -0.2) is 0 Å². The van der Waals surface area contributed by atoms with Crippen LogP contribution in [0.5, 0.6) is 0 Å². The molecule has 1 aromatic heterocycles. The van der Waals surface area contributed by atoms with Gasteiger partial charge in [-0.2, -0.15) is 0 Å². The smallest absolute Gasteiger partial charge is 0.0305 e. The second kappa shape index (κ2) is 4.75. The first kappa shape index (κ1) is 10.6. The van der Waals surface area contributed by atoms with Crippen LogP contribution in [0.3, 0.4) is 0 Å². The summed E-state index contributed by atoms with van der Waals surface area (Å²) in [6.07, 6.45) is 7.90. The Morgan fingerprint density at radius 1 is 1.47 bits per heavy atom. The van der Waals surface area contributed by atoms with E-state index in [0.29, 0.717) is 12.0 Å². The fourth-order valence-electron chi connectivity index (χ4n) is 2.70. The Kier molecular flexibility index (Phi) is 3.37. The molecular weight excluding hydrogens is 184 g/mol. The van der Waals surface area contributed by atoms with Crippen LogP contribution >= 0.6 is 0 Å². The molecule has 1 N–H and O–H groups in total. The highest BCUT2D eigenvalue weighted by atomic mass is 14.9. The van der Waals surface area contributed by atoms with Crippen molar-refractivity contribution >= 4 is 0 Å². The van der Waals surface area contributed by atoms with E-state index >= 15 is 0 Å². The maximum Gasteiger partial charge on any atom is 0.0305 e. The van der Waals surface area contributed by atoms with Crippen molar-refractivity contribution in [3.8, 4) is 0 Å². The first-order chi connectivity index (χ1) is 7.33. The van der Waals surface area contributed by atoms with Crippen LogP contribution in [0.15, 0.2) is 18.5 Å². The van der Waals surface area contributed by atoms with Crippen LogP contribution < -0.4 is 5.32 Å². The summed E-state index contributed by atoms with van der Waals surface area (Å²) in [6.45, 7) is 5.45. The third kappa shape index (κ3) is 2.20. The lowest BCUT2D eigenvalue weighted by atomic mass is 9.92. The van der Waals surface area contributed by atoms with Gasteiger partial charge >= 0.3 is 0 Å². The molecule has 1 heterocycles. The van der Waals surface area contributed by atoms with Gasteiger partial charge in [-0.1, -0.05) is 13.3 Å². The lowest BCUT2D eigenvalue weighted by Gasteiger charge is -2.21. The van der Waals surface area contributed by atoms with Crippen molar-refractivity contribution in [3.63, 3.8) is 0 Å². The molecule has 0 saturated heterocycles. The average Bonchev–Trinajstić information content (AvgIpc) is 2.67. The Morgan fingerprint density at radius 3 is 3.07 bits per heavy atom. The van der Waals surface area contributed by atoms with Crippen LogP contribution in [-0.4, -0.2) is 17.6 Å². The molecule has 15 heavy (non-hydrogen) atoms. The number of hydrogen-bond donors (Lipinski definition) is 1. The molecule has 2 atom stereocenters. The minimum absolute atomic E-state index is 0.665. The van der Waals surface area contributed by atoms with Gasteiger partial charge in [-0.15, -0.1) is 0 Å². The Hall–Kier alpha value is -0.890. The van der Waals surface area contributed by atoms with Gasteiger partial charge < -0.3 is 5.32 Å². The molecule has 1 fully saturated rings. The maximum atomic E-state index is 4.26. The molecule has 2 nitrogen and oxygen atoms in total. The van der Waals surface area contributed by atoms with Gasteiger partial charge in [-0.05, 0) is 43.5 Å². The number of aryl methyl sites for hydroxylation is 1. The normalized spacial score (nSPS) is 25.7. The van der Waals surface area contributed by atoms with Gasteiger partial charge in [0.05, 0.1) is 0 Å². The Bertz CT molecular complexity index is 322. The molecule has 2 unspecified atom stereocenters. The molecule has 1 aromatic rings. The minimum Gasteiger partial charge on any atom is -0.314 e. The van der Waals surface area contributed by atoms with E-state index in [0.717, 1.165) is 6.54 Å². The molecule has 0 aliphatic heterocycles. The van der Waals surface area contributed by atoms with Crippen molar-refractivity contribution in [2.45, 2.75) is 45.1 Å². The zero-order valence-electron chi connectivity index (χ0n) is 9.66. The van der Waals surface area contributed by atoms with E-state index in [1.54, 1.807) is 0 Å². The highest BCUT2D eigenvalue weighted by Gasteiger charge is 2.28. The molecule has 0 spiro atoms. The van der Waals surface area contributed by atoms with Crippen molar-refractivity contribution in [3.05, 3.63) is 29.6 Å². The first-order valence-electron chi connectivity index (χ1n) is 5.96. The zero-order valence-corrected chi connectivity index (χ0v) is 9.66. The van der Waals surface area contributed by atoms with Crippen molar-refractivity contribution in [2.75, 3.05) is 6.54 Å². The van der Waals surface area contributed by atoms with E-state index in [4.69, 9.17) is 0 Å². The maximum absolute atomic E-state index is 4.26. The Balaban J connectivity index is 2.19. The van der Waals surface area contributed by atoms with Crippen LogP contribution in [0.2, 0.25) is 0 Å². The van der Waals surface area contributed by atoms with Gasteiger partial charge in [0.25, 0.3) is 0 Å². The molecule has 2 heteroatoms. The van der Waals surface area contributed by atoms with Gasteiger partial charge in [0.15, 0.2) is 0 Å². The standard InChI is InChI=1S/C13H20N2/c1-3-15-13-6-4-5-11(13)12-9-14-8-7-10(12)2/h7-9,11,13,15H,3-6H2,1-2H3. The summed E-state index contributed by atoms with van der Waals surface area (Å²) in [5, 5.41) is 3.59. The zero-order chi connectivity index (χ0) is 10.7. The highest BCUT2D eigenvalue weighted by molar-refractivity contribution is 5.28. The van der Waals surface area contributed by atoms with E-state index in [1.807, 2.05) is 6.20 Å². The van der Waals surface area contributed by atoms with Gasteiger partial charge in [0, 0.05) is 24.4 Å². The number of nitrogens with zero attached hydrogens (tertiary/aromatic N) is 1. The Morgan fingerprint density at radius 2 is 2.33 bits per heavy atom. The number of aromatic nitrogens is 1. The van der Waals surface area contributed by atoms with Gasteiger partial charge in [0.2, 0.25) is 0 Å². The number of nitrogens with one attached hydrogen (secondary N) is 1. The van der Waals surface area contributed by atoms with Crippen molar-refractivity contribution in [2.24, 2.45) is 0 Å². The quantitative estimate of drug-likeness (QED) is 0.818. The summed E-state index contributed by atoms with van der Waals surface area (Å²) >= 11 is 0. The molecule has 0 radical (unpaired) electrons. The summed E-state index contributed by atoms with van der Waals surface area (Å²) in [6, 6.07) is 2.79. The number of rotatable bonds is 3. The van der Waals surface area contributed by atoms with Crippen molar-refractivity contribution in [1.29, 1.82) is 0 Å². The topological polar surface area (TPSA) is 24.9 Å². The molecule has 0 bridgehead atoms. The van der Waals surface area contributed by atoms with Crippen LogP contribution in [0, 0.1) is 6.92 Å². The summed E-state index contributed by atoms with van der Waals surface area (Å²) in [7, 11) is 0. The largest absolute Gasteiger partial charge is 0.314 e. The van der Waals surface area contributed by atoms with Crippen molar-refractivity contribution < 1.29 is 0 Å². The Labute approximate surface area is 92.1 Å². The van der Waals surface area contributed by atoms with E-state index in [2.05, 4.69) is 36.4 Å². The van der Waals surface area contributed by atoms with Crippen LogP contribution in [-0.2, 0) is 0 Å². The van der Waals surface area contributed by atoms with E-state index in [1.165, 1.54) is 30.4 Å². The molecule has 0 amide bonds. The monoisotopic (exact) mass is 204 g/mol. The summed E-state index contributed by atoms with van der Waals surface area (Å²) in [4.78, 5) is 4.26. The highest BCUT2D eigenvalue weighted by Crippen LogP contribution is 2.35. The van der Waals surface area contributed by atoms with E-state index < -0.39 is 0 Å². The third-order valence-corrected chi connectivity index (χ3v) is 3.46. The fraction of sp³-hybridized carbons (Fsp3) is 0.615. The van der Waals surface area contributed by atoms with Crippen molar-refractivity contribution in [1.82, 2.24) is 10.3 Å². The molecular formula is C13H20N2. The second-order valence-electron chi connectivity index (χ2n) is 4.43. The molecule has 2 rings (SSSR count). The fourth-order valence-corrected chi connectivity index (χ4v) is 2.70. The number of pyridine rings is 1. The predicted octanol–water partition coefficient (Wildman–Crippen LogP) is 2.64. The second-order valence-corrected chi connectivity index (χ2v) is 4.43. The summed E-state index contributed by atoms with van der Waals surface area (Å²) in [5.74, 6) is 0.679. The van der Waals surface area contributed by atoms with Gasteiger partial charge in [0.1, 0.15) is 0 Å². The minimum atomic E-state index is 0.665. The molecule has 1 saturated carbocycles. The van der Waals surface area contributed by atoms with Crippen LogP contribution in [0.1, 0.15) is 43.2 Å². The van der Waals surface area contributed by atoms with E-state index in [-0.39, 0.29) is 0 Å². The van der Waals surface area contributed by atoms with E-state index in [9.17, 15) is 0 Å². The SMILES string of the molecule is CCNC1CCCC1c1cnccc1C. The molecule has 1 aliphatic carbocycles. The van der Waals surface area contributed by atoms with Crippen LogP contribution in [0.4, 0.5) is 0 Å².